The third kappa shape index (κ3) is 9.87. The number of likely N-dealkylation sites (N-methyl/N-ethyl adjacent to an activating group) is 1. The lowest BCUT2D eigenvalue weighted by Crippen LogP contribution is -2.37. The minimum absolute atomic E-state index is 0.179. The van der Waals surface area contributed by atoms with Crippen molar-refractivity contribution in [2.45, 2.75) is 12.8 Å². The van der Waals surface area contributed by atoms with E-state index in [0.717, 1.165) is 74.9 Å². The molecule has 0 atom stereocenters. The number of aromatic nitrogens is 3. The van der Waals surface area contributed by atoms with Crippen LogP contribution in [0.15, 0.2) is 72.9 Å². The van der Waals surface area contributed by atoms with Crippen molar-refractivity contribution in [1.82, 2.24) is 24.8 Å². The van der Waals surface area contributed by atoms with Gasteiger partial charge in [-0.3, -0.25) is 9.69 Å². The van der Waals surface area contributed by atoms with E-state index in [4.69, 9.17) is 31.0 Å². The fraction of sp³-hybridized carbons (Fsp3) is 0.316. The third-order valence-electron chi connectivity index (χ3n) is 8.34. The number of rotatable bonds is 16. The van der Waals surface area contributed by atoms with Crippen molar-refractivity contribution in [1.29, 1.82) is 0 Å². The Morgan fingerprint density at radius 2 is 1.83 bits per heavy atom. The van der Waals surface area contributed by atoms with Gasteiger partial charge in [0.2, 0.25) is 5.95 Å². The predicted molar refractivity (Wildman–Crippen MR) is 202 cm³/mol. The van der Waals surface area contributed by atoms with Crippen LogP contribution in [0.25, 0.3) is 21.8 Å². The largest absolute Gasteiger partial charge is 0.491 e. The first-order chi connectivity index (χ1) is 25.2. The van der Waals surface area contributed by atoms with Gasteiger partial charge in [-0.1, -0.05) is 47.2 Å². The molecule has 0 aliphatic carbocycles. The number of Topliss-reactive ketones (excluding diaryl/α,β-unsaturated/α-hetero) is 1. The number of anilines is 3. The average molecular weight is 748 g/mol. The Morgan fingerprint density at radius 1 is 1.04 bits per heavy atom. The molecule has 272 valence electrons. The van der Waals surface area contributed by atoms with Crippen molar-refractivity contribution in [2.75, 3.05) is 77.3 Å². The molecule has 1 aliphatic heterocycles. The molecule has 3 aromatic carbocycles. The molecule has 0 radical (unpaired) electrons. The molecule has 10 nitrogen and oxygen atoms in total. The second-order valence-corrected chi connectivity index (χ2v) is 13.9. The fourth-order valence-electron chi connectivity index (χ4n) is 5.66. The summed E-state index contributed by atoms with van der Waals surface area (Å²) in [6, 6.07) is 17.9. The van der Waals surface area contributed by atoms with Crippen molar-refractivity contribution >= 4 is 45.5 Å². The standard InChI is InChI=1S/C38H40ClF2N7O3S/c1-47(2)16-21-51-33-11-10-27(24-28(33)39)44-37-42-14-12-31(45-37)36-35(46-38(52-36)43-13-5-15-48-17-19-50-20-18-48)26-7-3-6-25(22-26)23-32(49)34-29(40)8-4-9-30(34)41/h3-4,6-12,14,22,24H,5,13,15-21,23H2,1-2H3,(H,43,46)(H,42,44,45). The van der Waals surface area contributed by atoms with Crippen LogP contribution in [0.4, 0.5) is 25.5 Å². The number of halogens is 3. The number of hydrogen-bond acceptors (Lipinski definition) is 11. The van der Waals surface area contributed by atoms with E-state index in [-0.39, 0.29) is 6.42 Å². The Hall–Kier alpha value is -4.53. The number of ether oxygens (including phenoxy) is 2. The van der Waals surface area contributed by atoms with Gasteiger partial charge in [-0.25, -0.2) is 23.7 Å². The van der Waals surface area contributed by atoms with E-state index in [0.29, 0.717) is 51.1 Å². The molecular formula is C38H40ClF2N7O3S. The van der Waals surface area contributed by atoms with E-state index >= 15 is 0 Å². The second kappa shape index (κ2) is 17.8. The van der Waals surface area contributed by atoms with Crippen LogP contribution in [0.2, 0.25) is 5.02 Å². The number of nitrogens with one attached hydrogen (secondary N) is 2. The topological polar surface area (TPSA) is 105 Å². The maximum Gasteiger partial charge on any atom is 0.227 e. The number of carbonyl (C=O) groups is 1. The van der Waals surface area contributed by atoms with E-state index in [2.05, 4.69) is 20.5 Å². The van der Waals surface area contributed by atoms with Crippen LogP contribution in [-0.4, -0.2) is 97.2 Å². The van der Waals surface area contributed by atoms with Crippen molar-refractivity contribution in [3.05, 3.63) is 101 Å². The van der Waals surface area contributed by atoms with Gasteiger partial charge in [0.15, 0.2) is 10.9 Å². The van der Waals surface area contributed by atoms with Crippen LogP contribution in [0.1, 0.15) is 22.3 Å². The van der Waals surface area contributed by atoms with E-state index < -0.39 is 23.0 Å². The second-order valence-electron chi connectivity index (χ2n) is 12.5. The van der Waals surface area contributed by atoms with E-state index in [9.17, 15) is 13.6 Å². The molecule has 2 aromatic heterocycles. The SMILES string of the molecule is CN(C)CCOc1ccc(Nc2nccc(-c3sc(NCCCN4CCOCC4)nc3-c3cccc(CC(=O)c4c(F)cccc4F)c3)n2)cc1Cl. The number of thiazole rings is 1. The zero-order chi connectivity index (χ0) is 36.5. The molecule has 14 heteroatoms. The summed E-state index contributed by atoms with van der Waals surface area (Å²) in [6.45, 7) is 6.32. The summed E-state index contributed by atoms with van der Waals surface area (Å²) in [6.07, 6.45) is 2.42. The smallest absolute Gasteiger partial charge is 0.227 e. The molecule has 1 aliphatic rings. The molecule has 0 unspecified atom stereocenters. The van der Waals surface area contributed by atoms with Gasteiger partial charge in [0.1, 0.15) is 24.0 Å². The molecule has 52 heavy (non-hydrogen) atoms. The normalized spacial score (nSPS) is 13.3. The summed E-state index contributed by atoms with van der Waals surface area (Å²) in [5.74, 6) is -1.46. The number of nitrogens with zero attached hydrogens (tertiary/aromatic N) is 5. The van der Waals surface area contributed by atoms with Gasteiger partial charge in [0.05, 0.1) is 40.1 Å². The Balaban J connectivity index is 1.24. The number of ketones is 1. The Kier molecular flexibility index (Phi) is 12.7. The van der Waals surface area contributed by atoms with Crippen LogP contribution in [0, 0.1) is 11.6 Å². The Bertz CT molecular complexity index is 1970. The number of hydrogen-bond donors (Lipinski definition) is 2. The lowest BCUT2D eigenvalue weighted by atomic mass is 9.99. The molecule has 1 fully saturated rings. The summed E-state index contributed by atoms with van der Waals surface area (Å²) in [5.41, 5.74) is 2.77. The van der Waals surface area contributed by atoms with Crippen molar-refractivity contribution < 1.29 is 23.0 Å². The maximum absolute atomic E-state index is 14.4. The lowest BCUT2D eigenvalue weighted by molar-refractivity contribution is 0.0378. The molecular weight excluding hydrogens is 708 g/mol. The Morgan fingerprint density at radius 3 is 2.60 bits per heavy atom. The van der Waals surface area contributed by atoms with Crippen LogP contribution in [0.3, 0.4) is 0 Å². The highest BCUT2D eigenvalue weighted by atomic mass is 35.5. The van der Waals surface area contributed by atoms with Crippen molar-refractivity contribution in [3.63, 3.8) is 0 Å². The van der Waals surface area contributed by atoms with Crippen LogP contribution in [0.5, 0.6) is 5.75 Å². The summed E-state index contributed by atoms with van der Waals surface area (Å²) in [4.78, 5) is 32.4. The monoisotopic (exact) mass is 747 g/mol. The number of benzene rings is 3. The van der Waals surface area contributed by atoms with Gasteiger partial charge in [-0.15, -0.1) is 0 Å². The van der Waals surface area contributed by atoms with Gasteiger partial charge < -0.3 is 25.0 Å². The zero-order valence-electron chi connectivity index (χ0n) is 29.0. The van der Waals surface area contributed by atoms with E-state index in [1.807, 2.05) is 43.3 Å². The van der Waals surface area contributed by atoms with Crippen molar-refractivity contribution in [3.8, 4) is 27.6 Å². The first kappa shape index (κ1) is 37.2. The van der Waals surface area contributed by atoms with Gasteiger partial charge in [0.25, 0.3) is 0 Å². The summed E-state index contributed by atoms with van der Waals surface area (Å²) >= 11 is 7.98. The molecule has 0 amide bonds. The lowest BCUT2D eigenvalue weighted by Gasteiger charge is -2.26. The minimum Gasteiger partial charge on any atom is -0.491 e. The van der Waals surface area contributed by atoms with Crippen molar-refractivity contribution in [2.24, 2.45) is 0 Å². The Labute approximate surface area is 310 Å². The number of carbonyl (C=O) groups excluding carboxylic acids is 1. The molecule has 3 heterocycles. The predicted octanol–water partition coefficient (Wildman–Crippen LogP) is 7.44. The summed E-state index contributed by atoms with van der Waals surface area (Å²) in [5, 5.41) is 7.89. The van der Waals surface area contributed by atoms with Gasteiger partial charge in [-0.2, -0.15) is 0 Å². The molecule has 0 spiro atoms. The summed E-state index contributed by atoms with van der Waals surface area (Å²) in [7, 11) is 3.96. The van der Waals surface area contributed by atoms with Crippen LogP contribution < -0.4 is 15.4 Å². The summed E-state index contributed by atoms with van der Waals surface area (Å²) < 4.78 is 40.0. The minimum atomic E-state index is -0.882. The quantitative estimate of drug-likeness (QED) is 0.0782. The van der Waals surface area contributed by atoms with E-state index in [1.54, 1.807) is 30.5 Å². The maximum atomic E-state index is 14.4. The fourth-order valence-corrected chi connectivity index (χ4v) is 6.88. The molecule has 1 saturated heterocycles. The van der Waals surface area contributed by atoms with Gasteiger partial charge in [0, 0.05) is 50.0 Å². The van der Waals surface area contributed by atoms with Gasteiger partial charge in [-0.05, 0) is 75.1 Å². The first-order valence-corrected chi connectivity index (χ1v) is 18.2. The molecule has 6 rings (SSSR count). The number of morpholine rings is 1. The third-order valence-corrected chi connectivity index (χ3v) is 9.67. The average Bonchev–Trinajstić information content (AvgIpc) is 3.56. The molecule has 2 N–H and O–H groups in total. The van der Waals surface area contributed by atoms with Crippen LogP contribution >= 0.6 is 22.9 Å². The zero-order valence-corrected chi connectivity index (χ0v) is 30.6. The van der Waals surface area contributed by atoms with Crippen LogP contribution in [-0.2, 0) is 11.2 Å². The molecule has 5 aromatic rings. The highest BCUT2D eigenvalue weighted by molar-refractivity contribution is 7.19. The first-order valence-electron chi connectivity index (χ1n) is 17.0. The molecule has 0 bridgehead atoms. The molecule has 0 saturated carbocycles. The highest BCUT2D eigenvalue weighted by Crippen LogP contribution is 2.39. The highest BCUT2D eigenvalue weighted by Gasteiger charge is 2.21. The van der Waals surface area contributed by atoms with E-state index in [1.165, 1.54) is 17.4 Å². The van der Waals surface area contributed by atoms with Gasteiger partial charge >= 0.3 is 0 Å².